The van der Waals surface area contributed by atoms with Gasteiger partial charge in [-0.1, -0.05) is 41.5 Å². The van der Waals surface area contributed by atoms with E-state index in [0.29, 0.717) is 16.6 Å². The zero-order valence-electron chi connectivity index (χ0n) is 11.5. The smallest absolute Gasteiger partial charge is 0.192 e. The van der Waals surface area contributed by atoms with Gasteiger partial charge < -0.3 is 0 Å². The monoisotopic (exact) mass is 246 g/mol. The molecule has 0 unspecified atom stereocenters. The molecule has 0 aromatic rings. The van der Waals surface area contributed by atoms with Crippen molar-refractivity contribution >= 4 is 8.07 Å². The number of halogens is 2. The third-order valence-electron chi connectivity index (χ3n) is 3.36. The second kappa shape index (κ2) is 5.31. The Hall–Kier alpha value is -0.363. The first-order valence-electron chi connectivity index (χ1n) is 5.96. The van der Waals surface area contributed by atoms with Crippen molar-refractivity contribution in [1.82, 2.24) is 0 Å². The largest absolute Gasteiger partial charge is 0.304 e. The van der Waals surface area contributed by atoms with Gasteiger partial charge >= 0.3 is 5.92 Å². The Labute approximate surface area is 99.8 Å². The molecule has 16 heavy (non-hydrogen) atoms. The Kier molecular flexibility index (Phi) is 5.19. The molecule has 0 N–H and O–H groups in total. The number of hydrogen-bond acceptors (Lipinski definition) is 0. The lowest BCUT2D eigenvalue weighted by Crippen LogP contribution is -2.43. The molecule has 0 amide bonds. The Morgan fingerprint density at radius 3 is 1.38 bits per heavy atom. The van der Waals surface area contributed by atoms with Crippen molar-refractivity contribution in [3.63, 3.8) is 0 Å². The number of hydrogen-bond donors (Lipinski definition) is 0. The summed E-state index contributed by atoms with van der Waals surface area (Å²) in [5.41, 5.74) is 4.23. The molecular formula is C13H24F2Si. The predicted octanol–water partition coefficient (Wildman–Crippen LogP) is 4.86. The summed E-state index contributed by atoms with van der Waals surface area (Å²) in [4.78, 5) is 0. The molecule has 0 aromatic heterocycles. The highest BCUT2D eigenvalue weighted by Crippen LogP contribution is 2.40. The first-order chi connectivity index (χ1) is 7.04. The summed E-state index contributed by atoms with van der Waals surface area (Å²) in [6.45, 7) is 13.6. The molecule has 0 aliphatic rings. The van der Waals surface area contributed by atoms with Gasteiger partial charge in [-0.15, -0.1) is 5.54 Å². The van der Waals surface area contributed by atoms with Crippen LogP contribution in [-0.2, 0) is 0 Å². The fraction of sp³-hybridized carbons (Fsp3) is 0.846. The minimum absolute atomic E-state index is 0.405. The molecule has 0 radical (unpaired) electrons. The SMILES string of the molecule is CC(C)[Si](C#CC(C)(F)F)(C(C)C)C(C)C. The van der Waals surface area contributed by atoms with Crippen molar-refractivity contribution in [2.45, 2.75) is 71.0 Å². The van der Waals surface area contributed by atoms with Crippen LogP contribution in [0.3, 0.4) is 0 Å². The molecule has 0 fully saturated rings. The highest BCUT2D eigenvalue weighted by atomic mass is 28.3. The molecular weight excluding hydrogens is 222 g/mol. The summed E-state index contributed by atoms with van der Waals surface area (Å²) >= 11 is 0. The van der Waals surface area contributed by atoms with Gasteiger partial charge in [0.25, 0.3) is 0 Å². The minimum Gasteiger partial charge on any atom is -0.192 e. The van der Waals surface area contributed by atoms with Crippen molar-refractivity contribution in [2.24, 2.45) is 0 Å². The quantitative estimate of drug-likeness (QED) is 0.492. The first kappa shape index (κ1) is 15.6. The van der Waals surface area contributed by atoms with E-state index in [1.807, 2.05) is 0 Å². The minimum atomic E-state index is -2.86. The average molecular weight is 246 g/mol. The molecule has 0 nitrogen and oxygen atoms in total. The van der Waals surface area contributed by atoms with Crippen LogP contribution in [0, 0.1) is 11.5 Å². The van der Waals surface area contributed by atoms with Crippen LogP contribution >= 0.6 is 0 Å². The van der Waals surface area contributed by atoms with Crippen molar-refractivity contribution < 1.29 is 8.78 Å². The molecule has 0 heterocycles. The van der Waals surface area contributed by atoms with Gasteiger partial charge in [-0.25, -0.2) is 0 Å². The third-order valence-corrected chi connectivity index (χ3v) is 9.65. The second-order valence-electron chi connectivity index (χ2n) is 5.54. The highest BCUT2D eigenvalue weighted by molar-refractivity contribution is 6.90. The first-order valence-corrected chi connectivity index (χ1v) is 8.19. The van der Waals surface area contributed by atoms with E-state index in [2.05, 4.69) is 53.0 Å². The molecule has 3 heteroatoms. The molecule has 0 rings (SSSR count). The molecule has 0 spiro atoms. The maximum atomic E-state index is 12.9. The Bertz CT molecular complexity index is 255. The lowest BCUT2D eigenvalue weighted by molar-refractivity contribution is 0.0890. The Balaban J connectivity index is 5.45. The van der Waals surface area contributed by atoms with Gasteiger partial charge in [-0.2, -0.15) is 8.78 Å². The maximum Gasteiger partial charge on any atom is 0.304 e. The van der Waals surface area contributed by atoms with Crippen molar-refractivity contribution in [3.8, 4) is 11.5 Å². The van der Waals surface area contributed by atoms with Crippen molar-refractivity contribution in [2.75, 3.05) is 0 Å². The zero-order chi connectivity index (χ0) is 13.1. The predicted molar refractivity (Wildman–Crippen MR) is 69.4 cm³/mol. The van der Waals surface area contributed by atoms with Gasteiger partial charge in [0, 0.05) is 6.92 Å². The van der Waals surface area contributed by atoms with Gasteiger partial charge in [0.05, 0.1) is 0 Å². The van der Waals surface area contributed by atoms with E-state index >= 15 is 0 Å². The molecule has 0 bridgehead atoms. The van der Waals surface area contributed by atoms with Crippen LogP contribution in [0.5, 0.6) is 0 Å². The molecule has 94 valence electrons. The zero-order valence-corrected chi connectivity index (χ0v) is 12.5. The average Bonchev–Trinajstić information content (AvgIpc) is 2.00. The van der Waals surface area contributed by atoms with E-state index < -0.39 is 14.0 Å². The van der Waals surface area contributed by atoms with Gasteiger partial charge in [-0.05, 0) is 22.5 Å². The Morgan fingerprint density at radius 1 is 0.875 bits per heavy atom. The Morgan fingerprint density at radius 2 is 1.19 bits per heavy atom. The van der Waals surface area contributed by atoms with Crippen molar-refractivity contribution in [3.05, 3.63) is 0 Å². The summed E-state index contributed by atoms with van der Waals surface area (Å²) in [7, 11) is -1.98. The van der Waals surface area contributed by atoms with Gasteiger partial charge in [-0.3, -0.25) is 0 Å². The van der Waals surface area contributed by atoms with Gasteiger partial charge in [0.1, 0.15) is 8.07 Å². The van der Waals surface area contributed by atoms with E-state index in [9.17, 15) is 8.78 Å². The molecule has 0 saturated heterocycles. The standard InChI is InChI=1S/C13H24F2Si/c1-10(2)16(11(3)4,12(5)6)9-8-13(7,14)15/h10-12H,1-7H3. The van der Waals surface area contributed by atoms with E-state index in [-0.39, 0.29) is 0 Å². The fourth-order valence-corrected chi connectivity index (χ4v) is 7.95. The lowest BCUT2D eigenvalue weighted by Gasteiger charge is -2.38. The maximum absolute atomic E-state index is 12.9. The summed E-state index contributed by atoms with van der Waals surface area (Å²) in [6, 6.07) is 0. The molecule has 0 aliphatic heterocycles. The summed E-state index contributed by atoms with van der Waals surface area (Å²) in [5.74, 6) is -0.679. The summed E-state index contributed by atoms with van der Waals surface area (Å²) in [6.07, 6.45) is 0. The highest BCUT2D eigenvalue weighted by Gasteiger charge is 2.42. The van der Waals surface area contributed by atoms with Crippen LogP contribution in [0.25, 0.3) is 0 Å². The van der Waals surface area contributed by atoms with Crippen LogP contribution < -0.4 is 0 Å². The van der Waals surface area contributed by atoms with Crippen LogP contribution in [0.15, 0.2) is 0 Å². The van der Waals surface area contributed by atoms with Gasteiger partial charge in [0.15, 0.2) is 0 Å². The molecule has 0 aromatic carbocycles. The van der Waals surface area contributed by atoms with Crippen LogP contribution in [0.4, 0.5) is 8.78 Å². The van der Waals surface area contributed by atoms with Crippen molar-refractivity contribution in [1.29, 1.82) is 0 Å². The molecule has 0 aliphatic carbocycles. The van der Waals surface area contributed by atoms with E-state index in [1.54, 1.807) is 0 Å². The second-order valence-corrected chi connectivity index (χ2v) is 11.1. The summed E-state index contributed by atoms with van der Waals surface area (Å²) in [5, 5.41) is 0. The van der Waals surface area contributed by atoms with E-state index in [1.165, 1.54) is 0 Å². The normalized spacial score (nSPS) is 13.2. The third kappa shape index (κ3) is 3.59. The fourth-order valence-electron chi connectivity index (χ4n) is 2.65. The van der Waals surface area contributed by atoms with Gasteiger partial charge in [0.2, 0.25) is 0 Å². The molecule has 0 atom stereocenters. The van der Waals surface area contributed by atoms with E-state index in [4.69, 9.17) is 0 Å². The molecule has 0 saturated carbocycles. The topological polar surface area (TPSA) is 0 Å². The summed E-state index contributed by atoms with van der Waals surface area (Å²) < 4.78 is 25.8. The van der Waals surface area contributed by atoms with E-state index in [0.717, 1.165) is 6.92 Å². The lowest BCUT2D eigenvalue weighted by atomic mass is 10.4. The van der Waals surface area contributed by atoms with Crippen LogP contribution in [0.1, 0.15) is 48.5 Å². The van der Waals surface area contributed by atoms with Crippen LogP contribution in [-0.4, -0.2) is 14.0 Å². The number of rotatable bonds is 3. The number of alkyl halides is 2. The van der Waals surface area contributed by atoms with Crippen LogP contribution in [0.2, 0.25) is 16.6 Å².